The molecule has 6 nitrogen and oxygen atoms in total. The van der Waals surface area contributed by atoms with Crippen molar-refractivity contribution in [3.63, 3.8) is 0 Å². The Hall–Kier alpha value is -2.02. The number of ether oxygens (including phenoxy) is 1. The molecule has 128 valence electrons. The Kier molecular flexibility index (Phi) is 5.40. The predicted octanol–water partition coefficient (Wildman–Crippen LogP) is 2.23. The normalized spacial score (nSPS) is 15.6. The smallest absolute Gasteiger partial charge is 0.309 e. The number of piperidine rings is 1. The second kappa shape index (κ2) is 7.70. The lowest BCUT2D eigenvalue weighted by Gasteiger charge is -2.30. The monoisotopic (exact) mass is 347 g/mol. The summed E-state index contributed by atoms with van der Waals surface area (Å²) >= 11 is 1.44. The average Bonchev–Trinajstić information content (AvgIpc) is 3.03. The number of likely N-dealkylation sites (tertiary alicyclic amines) is 1. The van der Waals surface area contributed by atoms with E-state index in [1.165, 1.54) is 11.8 Å². The highest BCUT2D eigenvalue weighted by Crippen LogP contribution is 2.22. The summed E-state index contributed by atoms with van der Waals surface area (Å²) in [5, 5.41) is 0.820. The third kappa shape index (κ3) is 3.72. The molecule has 3 rings (SSSR count). The van der Waals surface area contributed by atoms with E-state index in [9.17, 15) is 9.59 Å². The molecule has 0 saturated carbocycles. The maximum Gasteiger partial charge on any atom is 0.309 e. The van der Waals surface area contributed by atoms with Crippen molar-refractivity contribution in [1.82, 2.24) is 14.3 Å². The standard InChI is InChI=1S/C17H21N3O3S/c1-2-23-16(22)13-6-9-19(10-7-13)15(21)12-24-17-18-11-14-5-3-4-8-20(14)17/h3-5,8,11,13H,2,6-7,9-10,12H2,1H3. The highest BCUT2D eigenvalue weighted by atomic mass is 32.2. The van der Waals surface area contributed by atoms with Crippen LogP contribution < -0.4 is 0 Å². The second-order valence-corrected chi connectivity index (χ2v) is 6.67. The number of esters is 1. The number of rotatable bonds is 5. The minimum atomic E-state index is -0.136. The van der Waals surface area contributed by atoms with E-state index in [0.717, 1.165) is 10.7 Å². The predicted molar refractivity (Wildman–Crippen MR) is 91.9 cm³/mol. The number of carbonyl (C=O) groups excluding carboxylic acids is 2. The van der Waals surface area contributed by atoms with Crippen LogP contribution in [-0.2, 0) is 14.3 Å². The summed E-state index contributed by atoms with van der Waals surface area (Å²) in [7, 11) is 0. The number of thioether (sulfide) groups is 1. The van der Waals surface area contributed by atoms with Crippen LogP contribution in [-0.4, -0.2) is 51.6 Å². The van der Waals surface area contributed by atoms with Gasteiger partial charge < -0.3 is 9.64 Å². The molecule has 2 aromatic heterocycles. The van der Waals surface area contributed by atoms with Crippen LogP contribution in [0.1, 0.15) is 19.8 Å². The Balaban J connectivity index is 1.50. The number of carbonyl (C=O) groups is 2. The molecule has 1 aliphatic rings. The number of pyridine rings is 1. The Morgan fingerprint density at radius 2 is 2.12 bits per heavy atom. The van der Waals surface area contributed by atoms with E-state index in [2.05, 4.69) is 4.98 Å². The van der Waals surface area contributed by atoms with Gasteiger partial charge in [0, 0.05) is 19.3 Å². The number of amides is 1. The third-order valence-electron chi connectivity index (χ3n) is 4.20. The van der Waals surface area contributed by atoms with Gasteiger partial charge in [-0.3, -0.25) is 14.0 Å². The molecule has 0 radical (unpaired) electrons. The van der Waals surface area contributed by atoms with Gasteiger partial charge in [-0.1, -0.05) is 17.8 Å². The molecule has 1 fully saturated rings. The van der Waals surface area contributed by atoms with Crippen LogP contribution in [0.15, 0.2) is 35.7 Å². The third-order valence-corrected chi connectivity index (χ3v) is 5.15. The zero-order valence-corrected chi connectivity index (χ0v) is 14.5. The van der Waals surface area contributed by atoms with E-state index in [4.69, 9.17) is 4.74 Å². The molecular formula is C17H21N3O3S. The zero-order valence-electron chi connectivity index (χ0n) is 13.7. The Morgan fingerprint density at radius 1 is 1.33 bits per heavy atom. The summed E-state index contributed by atoms with van der Waals surface area (Å²) in [5.41, 5.74) is 1.02. The van der Waals surface area contributed by atoms with E-state index in [1.807, 2.05) is 40.6 Å². The molecule has 3 heterocycles. The van der Waals surface area contributed by atoms with Crippen molar-refractivity contribution in [2.75, 3.05) is 25.4 Å². The molecule has 0 aliphatic carbocycles. The fourth-order valence-corrected chi connectivity index (χ4v) is 3.74. The van der Waals surface area contributed by atoms with Gasteiger partial charge in [-0.2, -0.15) is 0 Å². The number of imidazole rings is 1. The molecule has 0 spiro atoms. The van der Waals surface area contributed by atoms with E-state index < -0.39 is 0 Å². The fourth-order valence-electron chi connectivity index (χ4n) is 2.87. The number of nitrogens with zero attached hydrogens (tertiary/aromatic N) is 3. The lowest BCUT2D eigenvalue weighted by atomic mass is 9.97. The van der Waals surface area contributed by atoms with Crippen molar-refractivity contribution >= 4 is 29.2 Å². The van der Waals surface area contributed by atoms with Crippen molar-refractivity contribution in [3.8, 4) is 0 Å². The molecule has 0 unspecified atom stereocenters. The number of aromatic nitrogens is 2. The first-order valence-corrected chi connectivity index (χ1v) is 9.17. The summed E-state index contributed by atoms with van der Waals surface area (Å²) in [5.74, 6) is 0.244. The fraction of sp³-hybridized carbons (Fsp3) is 0.471. The molecule has 1 saturated heterocycles. The highest BCUT2D eigenvalue weighted by molar-refractivity contribution is 7.99. The molecular weight excluding hydrogens is 326 g/mol. The summed E-state index contributed by atoms with van der Waals surface area (Å²) < 4.78 is 7.03. The maximum absolute atomic E-state index is 12.4. The summed E-state index contributed by atoms with van der Waals surface area (Å²) in [6.07, 6.45) is 5.11. The molecule has 0 aromatic carbocycles. The van der Waals surface area contributed by atoms with Crippen LogP contribution >= 0.6 is 11.8 Å². The number of hydrogen-bond acceptors (Lipinski definition) is 5. The van der Waals surface area contributed by atoms with Gasteiger partial charge in [0.25, 0.3) is 0 Å². The lowest BCUT2D eigenvalue weighted by molar-refractivity contribution is -0.151. The minimum Gasteiger partial charge on any atom is -0.466 e. The van der Waals surface area contributed by atoms with Crippen LogP contribution in [0.2, 0.25) is 0 Å². The number of fused-ring (bicyclic) bond motifs is 1. The van der Waals surface area contributed by atoms with Gasteiger partial charge >= 0.3 is 5.97 Å². The van der Waals surface area contributed by atoms with Crippen molar-refractivity contribution < 1.29 is 14.3 Å². The van der Waals surface area contributed by atoms with Crippen LogP contribution in [0.5, 0.6) is 0 Å². The Labute approximate surface area is 145 Å². The van der Waals surface area contributed by atoms with Crippen LogP contribution in [0.4, 0.5) is 0 Å². The molecule has 7 heteroatoms. The van der Waals surface area contributed by atoms with E-state index in [1.54, 1.807) is 6.20 Å². The van der Waals surface area contributed by atoms with Crippen molar-refractivity contribution in [3.05, 3.63) is 30.6 Å². The minimum absolute atomic E-state index is 0.0714. The lowest BCUT2D eigenvalue weighted by Crippen LogP contribution is -2.41. The summed E-state index contributed by atoms with van der Waals surface area (Å²) in [6, 6.07) is 5.89. The van der Waals surface area contributed by atoms with E-state index in [0.29, 0.717) is 38.3 Å². The van der Waals surface area contributed by atoms with Gasteiger partial charge in [0.2, 0.25) is 5.91 Å². The van der Waals surface area contributed by atoms with Crippen LogP contribution in [0.3, 0.4) is 0 Å². The van der Waals surface area contributed by atoms with Gasteiger partial charge in [-0.05, 0) is 31.9 Å². The second-order valence-electron chi connectivity index (χ2n) is 5.73. The molecule has 1 aliphatic heterocycles. The van der Waals surface area contributed by atoms with Gasteiger partial charge in [-0.25, -0.2) is 4.98 Å². The molecule has 0 atom stereocenters. The average molecular weight is 347 g/mol. The van der Waals surface area contributed by atoms with Gasteiger partial charge in [0.05, 0.1) is 30.0 Å². The quantitative estimate of drug-likeness (QED) is 0.613. The molecule has 24 heavy (non-hydrogen) atoms. The first-order chi connectivity index (χ1) is 11.7. The van der Waals surface area contributed by atoms with Gasteiger partial charge in [-0.15, -0.1) is 0 Å². The first kappa shape index (κ1) is 16.8. The highest BCUT2D eigenvalue weighted by Gasteiger charge is 2.28. The van der Waals surface area contributed by atoms with Crippen molar-refractivity contribution in [2.45, 2.75) is 24.9 Å². The van der Waals surface area contributed by atoms with Crippen molar-refractivity contribution in [1.29, 1.82) is 0 Å². The summed E-state index contributed by atoms with van der Waals surface area (Å²) in [6.45, 7) is 3.45. The topological polar surface area (TPSA) is 63.9 Å². The summed E-state index contributed by atoms with van der Waals surface area (Å²) in [4.78, 5) is 30.3. The molecule has 0 N–H and O–H groups in total. The van der Waals surface area contributed by atoms with Crippen LogP contribution in [0, 0.1) is 5.92 Å². The maximum atomic E-state index is 12.4. The molecule has 1 amide bonds. The van der Waals surface area contributed by atoms with E-state index >= 15 is 0 Å². The Morgan fingerprint density at radius 3 is 2.88 bits per heavy atom. The molecule has 2 aromatic rings. The van der Waals surface area contributed by atoms with Crippen LogP contribution in [0.25, 0.3) is 5.52 Å². The largest absolute Gasteiger partial charge is 0.466 e. The van der Waals surface area contributed by atoms with E-state index in [-0.39, 0.29) is 17.8 Å². The SMILES string of the molecule is CCOC(=O)C1CCN(C(=O)CSc2ncc3ccccn23)CC1. The Bertz CT molecular complexity index is 723. The molecule has 0 bridgehead atoms. The number of hydrogen-bond donors (Lipinski definition) is 0. The zero-order chi connectivity index (χ0) is 16.9. The first-order valence-electron chi connectivity index (χ1n) is 8.18. The van der Waals surface area contributed by atoms with Gasteiger partial charge in [0.15, 0.2) is 5.16 Å². The van der Waals surface area contributed by atoms with Gasteiger partial charge in [0.1, 0.15) is 0 Å². The van der Waals surface area contributed by atoms with Crippen molar-refractivity contribution in [2.24, 2.45) is 5.92 Å².